The number of aromatic nitrogens is 2. The summed E-state index contributed by atoms with van der Waals surface area (Å²) in [6.07, 6.45) is -0.0643. The van der Waals surface area contributed by atoms with Crippen molar-refractivity contribution in [3.63, 3.8) is 0 Å². The molecule has 0 spiro atoms. The molecule has 0 fully saturated rings. The largest absolute Gasteiger partial charge is 0.493 e. The first-order chi connectivity index (χ1) is 13.6. The van der Waals surface area contributed by atoms with Crippen LogP contribution in [0, 0.1) is 0 Å². The first kappa shape index (κ1) is 22.8. The molecule has 0 saturated heterocycles. The third-order valence-electron chi connectivity index (χ3n) is 4.47. The number of imidazole rings is 1. The van der Waals surface area contributed by atoms with Crippen LogP contribution in [0.15, 0.2) is 53.5 Å². The lowest BCUT2D eigenvalue weighted by Gasteiger charge is -2.19. The van der Waals surface area contributed by atoms with Gasteiger partial charge in [0.15, 0.2) is 17.5 Å². The maximum Gasteiger partial charge on any atom is 0.191 e. The molecule has 1 heterocycles. The monoisotopic (exact) mass is 509 g/mol. The van der Waals surface area contributed by atoms with E-state index in [1.165, 1.54) is 0 Å². The smallest absolute Gasteiger partial charge is 0.191 e. The zero-order valence-electron chi connectivity index (χ0n) is 17.2. The fourth-order valence-corrected chi connectivity index (χ4v) is 2.95. The SMILES string of the molecule is CN=C(NCc1nc2ccccc2n1C)NCC(C)Oc1ccccc1OC.I. The van der Waals surface area contributed by atoms with Gasteiger partial charge in [-0.05, 0) is 31.2 Å². The molecule has 2 aromatic carbocycles. The Balaban J connectivity index is 0.00000300. The molecule has 0 amide bonds. The molecular formula is C21H28IN5O2. The van der Waals surface area contributed by atoms with Gasteiger partial charge in [0.2, 0.25) is 0 Å². The summed E-state index contributed by atoms with van der Waals surface area (Å²) >= 11 is 0. The van der Waals surface area contributed by atoms with Crippen molar-refractivity contribution in [2.75, 3.05) is 20.7 Å². The van der Waals surface area contributed by atoms with Crippen LogP contribution in [0.4, 0.5) is 0 Å². The number of ether oxygens (including phenoxy) is 2. The van der Waals surface area contributed by atoms with Gasteiger partial charge in [0.1, 0.15) is 11.9 Å². The van der Waals surface area contributed by atoms with E-state index in [2.05, 4.69) is 31.2 Å². The van der Waals surface area contributed by atoms with E-state index in [1.807, 2.05) is 56.4 Å². The fraction of sp³-hybridized carbons (Fsp3) is 0.333. The second-order valence-electron chi connectivity index (χ2n) is 6.46. The topological polar surface area (TPSA) is 72.7 Å². The lowest BCUT2D eigenvalue weighted by Crippen LogP contribution is -2.41. The van der Waals surface area contributed by atoms with Gasteiger partial charge in [-0.15, -0.1) is 24.0 Å². The highest BCUT2D eigenvalue weighted by molar-refractivity contribution is 14.0. The molecule has 0 radical (unpaired) electrons. The standard InChI is InChI=1S/C21H27N5O2.HI/c1-15(28-19-12-8-7-11-18(19)27-4)13-23-21(22-2)24-14-20-25-16-9-5-6-10-17(16)26(20)3;/h5-12,15H,13-14H2,1-4H3,(H2,22,23,24);1H. The predicted octanol–water partition coefficient (Wildman–Crippen LogP) is 3.33. The average Bonchev–Trinajstić information content (AvgIpc) is 3.04. The van der Waals surface area contributed by atoms with Crippen molar-refractivity contribution in [2.24, 2.45) is 12.0 Å². The summed E-state index contributed by atoms with van der Waals surface area (Å²) in [6.45, 7) is 3.17. The molecule has 8 heteroatoms. The number of nitrogens with zero attached hydrogens (tertiary/aromatic N) is 3. The molecule has 1 aromatic heterocycles. The van der Waals surface area contributed by atoms with E-state index in [9.17, 15) is 0 Å². The number of hydrogen-bond acceptors (Lipinski definition) is 4. The number of rotatable bonds is 7. The minimum Gasteiger partial charge on any atom is -0.493 e. The number of halogens is 1. The van der Waals surface area contributed by atoms with Crippen LogP contribution in [0.5, 0.6) is 11.5 Å². The van der Waals surface area contributed by atoms with Crippen molar-refractivity contribution in [3.8, 4) is 11.5 Å². The minimum absolute atomic E-state index is 0. The number of hydrogen-bond donors (Lipinski definition) is 2. The zero-order valence-corrected chi connectivity index (χ0v) is 19.5. The van der Waals surface area contributed by atoms with Crippen LogP contribution in [0.3, 0.4) is 0 Å². The van der Waals surface area contributed by atoms with Crippen LogP contribution in [0.2, 0.25) is 0 Å². The first-order valence-corrected chi connectivity index (χ1v) is 9.27. The number of nitrogens with one attached hydrogen (secondary N) is 2. The molecule has 3 aromatic rings. The van der Waals surface area contributed by atoms with Crippen molar-refractivity contribution in [2.45, 2.75) is 19.6 Å². The second-order valence-corrected chi connectivity index (χ2v) is 6.46. The molecule has 0 aliphatic rings. The Bertz CT molecular complexity index is 957. The van der Waals surface area contributed by atoms with Gasteiger partial charge in [-0.1, -0.05) is 24.3 Å². The number of fused-ring (bicyclic) bond motifs is 1. The summed E-state index contributed by atoms with van der Waals surface area (Å²) in [5, 5.41) is 6.59. The number of guanidine groups is 1. The number of benzene rings is 2. The van der Waals surface area contributed by atoms with Crippen LogP contribution in [0.1, 0.15) is 12.7 Å². The van der Waals surface area contributed by atoms with Crippen LogP contribution in [-0.4, -0.2) is 42.3 Å². The van der Waals surface area contributed by atoms with Gasteiger partial charge < -0.3 is 24.7 Å². The molecule has 2 N–H and O–H groups in total. The Morgan fingerprint density at radius 3 is 2.48 bits per heavy atom. The van der Waals surface area contributed by atoms with Gasteiger partial charge in [-0.25, -0.2) is 4.98 Å². The van der Waals surface area contributed by atoms with Crippen LogP contribution < -0.4 is 20.1 Å². The van der Waals surface area contributed by atoms with Crippen molar-refractivity contribution in [3.05, 3.63) is 54.4 Å². The van der Waals surface area contributed by atoms with Gasteiger partial charge in [0.05, 0.1) is 31.2 Å². The summed E-state index contributed by atoms with van der Waals surface area (Å²) in [7, 11) is 5.40. The van der Waals surface area contributed by atoms with Gasteiger partial charge >= 0.3 is 0 Å². The number of aliphatic imine (C=N–C) groups is 1. The molecule has 156 valence electrons. The number of para-hydroxylation sites is 4. The van der Waals surface area contributed by atoms with Crippen molar-refractivity contribution >= 4 is 41.0 Å². The summed E-state index contributed by atoms with van der Waals surface area (Å²) in [4.78, 5) is 8.94. The van der Waals surface area contributed by atoms with Crippen LogP contribution in [-0.2, 0) is 13.6 Å². The van der Waals surface area contributed by atoms with Crippen LogP contribution in [0.25, 0.3) is 11.0 Å². The Hall–Kier alpha value is -2.49. The van der Waals surface area contributed by atoms with Gasteiger partial charge in [0, 0.05) is 14.1 Å². The lowest BCUT2D eigenvalue weighted by molar-refractivity contribution is 0.213. The molecule has 0 aliphatic carbocycles. The van der Waals surface area contributed by atoms with Gasteiger partial charge in [-0.3, -0.25) is 4.99 Å². The highest BCUT2D eigenvalue weighted by Crippen LogP contribution is 2.26. The Morgan fingerprint density at radius 1 is 1.10 bits per heavy atom. The summed E-state index contributed by atoms with van der Waals surface area (Å²) in [5.74, 6) is 3.09. The maximum atomic E-state index is 5.97. The van der Waals surface area contributed by atoms with E-state index in [0.29, 0.717) is 19.0 Å². The van der Waals surface area contributed by atoms with E-state index in [4.69, 9.17) is 9.47 Å². The molecule has 1 unspecified atom stereocenters. The highest BCUT2D eigenvalue weighted by atomic mass is 127. The second kappa shape index (κ2) is 10.9. The molecule has 7 nitrogen and oxygen atoms in total. The number of methoxy groups -OCH3 is 1. The normalized spacial score (nSPS) is 12.2. The van der Waals surface area contributed by atoms with E-state index >= 15 is 0 Å². The quantitative estimate of drug-likeness (QED) is 0.291. The average molecular weight is 509 g/mol. The van der Waals surface area contributed by atoms with Crippen molar-refractivity contribution in [1.29, 1.82) is 0 Å². The number of aryl methyl sites for hydroxylation is 1. The summed E-state index contributed by atoms with van der Waals surface area (Å²) in [6, 6.07) is 15.7. The Morgan fingerprint density at radius 2 is 1.79 bits per heavy atom. The minimum atomic E-state index is -0.0643. The highest BCUT2D eigenvalue weighted by Gasteiger charge is 2.11. The van der Waals surface area contributed by atoms with E-state index < -0.39 is 0 Å². The van der Waals surface area contributed by atoms with E-state index in [1.54, 1.807) is 14.2 Å². The lowest BCUT2D eigenvalue weighted by atomic mass is 10.3. The summed E-state index contributed by atoms with van der Waals surface area (Å²) < 4.78 is 13.4. The van der Waals surface area contributed by atoms with Gasteiger partial charge in [0.25, 0.3) is 0 Å². The van der Waals surface area contributed by atoms with Crippen molar-refractivity contribution in [1.82, 2.24) is 20.2 Å². The van der Waals surface area contributed by atoms with E-state index in [-0.39, 0.29) is 30.1 Å². The third-order valence-corrected chi connectivity index (χ3v) is 4.47. The Labute approximate surface area is 188 Å². The fourth-order valence-electron chi connectivity index (χ4n) is 2.95. The molecule has 29 heavy (non-hydrogen) atoms. The maximum absolute atomic E-state index is 5.97. The Kier molecular flexibility index (Phi) is 8.56. The molecule has 0 bridgehead atoms. The molecule has 1 atom stereocenters. The van der Waals surface area contributed by atoms with Gasteiger partial charge in [-0.2, -0.15) is 0 Å². The molecule has 0 aliphatic heterocycles. The third kappa shape index (κ3) is 5.75. The zero-order chi connectivity index (χ0) is 19.9. The van der Waals surface area contributed by atoms with Crippen LogP contribution >= 0.6 is 24.0 Å². The molecule has 3 rings (SSSR count). The molecular weight excluding hydrogens is 481 g/mol. The first-order valence-electron chi connectivity index (χ1n) is 9.27. The predicted molar refractivity (Wildman–Crippen MR) is 127 cm³/mol. The van der Waals surface area contributed by atoms with Crippen molar-refractivity contribution < 1.29 is 9.47 Å². The van der Waals surface area contributed by atoms with E-state index in [0.717, 1.165) is 28.4 Å². The molecule has 0 saturated carbocycles. The summed E-state index contributed by atoms with van der Waals surface area (Å²) in [5.41, 5.74) is 2.10.